The fourth-order valence-corrected chi connectivity index (χ4v) is 3.31. The van der Waals surface area contributed by atoms with Crippen molar-refractivity contribution in [2.45, 2.75) is 18.4 Å². The van der Waals surface area contributed by atoms with Crippen LogP contribution in [-0.4, -0.2) is 24.8 Å². The largest absolute Gasteiger partial charge is 0.494 e. The van der Waals surface area contributed by atoms with Crippen LogP contribution in [0.1, 0.15) is 12.6 Å². The van der Waals surface area contributed by atoms with Crippen molar-refractivity contribution in [1.29, 1.82) is 0 Å². The molecule has 3 rings (SSSR count). The third kappa shape index (κ3) is 4.26. The van der Waals surface area contributed by atoms with Gasteiger partial charge in [0.15, 0.2) is 0 Å². The second-order valence-corrected chi connectivity index (χ2v) is 7.08. The summed E-state index contributed by atoms with van der Waals surface area (Å²) in [6.45, 7) is 2.53. The molecule has 0 aliphatic carbocycles. The third-order valence-corrected chi connectivity index (χ3v) is 4.97. The van der Waals surface area contributed by atoms with Crippen LogP contribution in [-0.2, 0) is 16.6 Å². The zero-order valence-electron chi connectivity index (χ0n) is 13.8. The summed E-state index contributed by atoms with van der Waals surface area (Å²) in [6, 6.07) is 17.8. The Morgan fingerprint density at radius 1 is 1.04 bits per heavy atom. The molecule has 1 heterocycles. The van der Waals surface area contributed by atoms with Crippen molar-refractivity contribution < 1.29 is 13.2 Å². The number of nitrogens with zero attached hydrogens (tertiary/aromatic N) is 2. The number of ether oxygens (including phenoxy) is 1. The molecule has 0 saturated carbocycles. The van der Waals surface area contributed by atoms with Gasteiger partial charge < -0.3 is 4.74 Å². The van der Waals surface area contributed by atoms with E-state index in [2.05, 4.69) is 9.82 Å². The van der Waals surface area contributed by atoms with Gasteiger partial charge in [-0.25, -0.2) is 17.8 Å². The van der Waals surface area contributed by atoms with E-state index in [9.17, 15) is 8.42 Å². The van der Waals surface area contributed by atoms with Gasteiger partial charge in [0.25, 0.3) is 0 Å². The molecular formula is C18H19N3O3S. The quantitative estimate of drug-likeness (QED) is 0.706. The maximum Gasteiger partial charge on any atom is 0.240 e. The molecule has 1 aromatic heterocycles. The predicted molar refractivity (Wildman–Crippen MR) is 95.2 cm³/mol. The molecule has 130 valence electrons. The van der Waals surface area contributed by atoms with Crippen LogP contribution in [0.15, 0.2) is 71.8 Å². The Morgan fingerprint density at radius 3 is 2.44 bits per heavy atom. The Bertz CT molecular complexity index is 920. The third-order valence-electron chi connectivity index (χ3n) is 3.55. The molecule has 3 aromatic rings. The molecule has 0 aliphatic heterocycles. The SMILES string of the molecule is CCOc1ccc(S(=O)(=O)NCc2ccn(-c3ccccc3)n2)cc1. The van der Waals surface area contributed by atoms with E-state index in [0.29, 0.717) is 18.1 Å². The molecule has 2 aromatic carbocycles. The summed E-state index contributed by atoms with van der Waals surface area (Å²) in [5.41, 5.74) is 1.56. The molecule has 0 fully saturated rings. The number of hydrogen-bond acceptors (Lipinski definition) is 4. The molecule has 0 saturated heterocycles. The first-order valence-corrected chi connectivity index (χ1v) is 9.39. The first kappa shape index (κ1) is 17.2. The van der Waals surface area contributed by atoms with E-state index in [1.54, 1.807) is 29.1 Å². The highest BCUT2D eigenvalue weighted by Crippen LogP contribution is 2.16. The van der Waals surface area contributed by atoms with Crippen molar-refractivity contribution in [3.05, 3.63) is 72.6 Å². The molecule has 7 heteroatoms. The van der Waals surface area contributed by atoms with Gasteiger partial charge in [-0.3, -0.25) is 0 Å². The summed E-state index contributed by atoms with van der Waals surface area (Å²) in [4.78, 5) is 0.193. The van der Waals surface area contributed by atoms with Crippen molar-refractivity contribution in [3.8, 4) is 11.4 Å². The van der Waals surface area contributed by atoms with E-state index >= 15 is 0 Å². The number of para-hydroxylation sites is 1. The maximum absolute atomic E-state index is 12.4. The fourth-order valence-electron chi connectivity index (χ4n) is 2.31. The van der Waals surface area contributed by atoms with Crippen molar-refractivity contribution in [2.24, 2.45) is 0 Å². The summed E-state index contributed by atoms with van der Waals surface area (Å²) >= 11 is 0. The van der Waals surface area contributed by atoms with E-state index in [1.807, 2.05) is 37.3 Å². The van der Waals surface area contributed by atoms with E-state index in [1.165, 1.54) is 12.1 Å². The average molecular weight is 357 g/mol. The van der Waals surface area contributed by atoms with Gasteiger partial charge in [0.1, 0.15) is 5.75 Å². The zero-order chi connectivity index (χ0) is 17.7. The highest BCUT2D eigenvalue weighted by Gasteiger charge is 2.14. The van der Waals surface area contributed by atoms with Crippen molar-refractivity contribution in [1.82, 2.24) is 14.5 Å². The second kappa shape index (κ2) is 7.50. The van der Waals surface area contributed by atoms with Crippen LogP contribution in [0.2, 0.25) is 0 Å². The highest BCUT2D eigenvalue weighted by molar-refractivity contribution is 7.89. The van der Waals surface area contributed by atoms with Gasteiger partial charge in [0.05, 0.1) is 29.4 Å². The van der Waals surface area contributed by atoms with Crippen molar-refractivity contribution >= 4 is 10.0 Å². The standard InChI is InChI=1S/C18H19N3O3S/c1-2-24-17-8-10-18(11-9-17)25(22,23)19-14-15-12-13-21(20-15)16-6-4-3-5-7-16/h3-13,19H,2,14H2,1H3. The summed E-state index contributed by atoms with van der Waals surface area (Å²) in [5, 5.41) is 4.39. The molecule has 0 atom stereocenters. The summed E-state index contributed by atoms with van der Waals surface area (Å²) in [5.74, 6) is 0.642. The predicted octanol–water partition coefficient (Wildman–Crippen LogP) is 2.75. The Balaban J connectivity index is 1.67. The lowest BCUT2D eigenvalue weighted by atomic mass is 10.3. The molecule has 6 nitrogen and oxygen atoms in total. The normalized spacial score (nSPS) is 11.4. The minimum Gasteiger partial charge on any atom is -0.494 e. The molecule has 0 radical (unpaired) electrons. The van der Waals surface area contributed by atoms with Crippen LogP contribution < -0.4 is 9.46 Å². The first-order chi connectivity index (χ1) is 12.1. The van der Waals surface area contributed by atoms with Crippen molar-refractivity contribution in [2.75, 3.05) is 6.61 Å². The lowest BCUT2D eigenvalue weighted by Gasteiger charge is -2.07. The smallest absolute Gasteiger partial charge is 0.240 e. The molecule has 25 heavy (non-hydrogen) atoms. The lowest BCUT2D eigenvalue weighted by Crippen LogP contribution is -2.23. The zero-order valence-corrected chi connectivity index (χ0v) is 14.6. The van der Waals surface area contributed by atoms with Gasteiger partial charge in [-0.1, -0.05) is 18.2 Å². The van der Waals surface area contributed by atoms with Crippen LogP contribution in [0.5, 0.6) is 5.75 Å². The van der Waals surface area contributed by atoms with Gasteiger partial charge in [-0.15, -0.1) is 0 Å². The minimum atomic E-state index is -3.60. The number of hydrogen-bond donors (Lipinski definition) is 1. The number of nitrogens with one attached hydrogen (secondary N) is 1. The molecule has 0 bridgehead atoms. The van der Waals surface area contributed by atoms with Crippen molar-refractivity contribution in [3.63, 3.8) is 0 Å². The number of sulfonamides is 1. The highest BCUT2D eigenvalue weighted by atomic mass is 32.2. The number of aromatic nitrogens is 2. The van der Waals surface area contributed by atoms with Gasteiger partial charge in [0, 0.05) is 6.20 Å². The van der Waals surface area contributed by atoms with E-state index in [-0.39, 0.29) is 11.4 Å². The Morgan fingerprint density at radius 2 is 1.76 bits per heavy atom. The Kier molecular flexibility index (Phi) is 5.16. The lowest BCUT2D eigenvalue weighted by molar-refractivity contribution is 0.340. The topological polar surface area (TPSA) is 73.2 Å². The number of benzene rings is 2. The summed E-state index contributed by atoms with van der Waals surface area (Å²) < 4.78 is 34.3. The average Bonchev–Trinajstić information content (AvgIpc) is 3.11. The maximum atomic E-state index is 12.4. The van der Waals surface area contributed by atoms with E-state index < -0.39 is 10.0 Å². The van der Waals surface area contributed by atoms with Crippen LogP contribution in [0.25, 0.3) is 5.69 Å². The van der Waals surface area contributed by atoms with Crippen LogP contribution in [0.4, 0.5) is 0 Å². The molecule has 0 amide bonds. The minimum absolute atomic E-state index is 0.120. The molecule has 0 spiro atoms. The Labute approximate surface area is 147 Å². The van der Waals surface area contributed by atoms with Gasteiger partial charge in [-0.05, 0) is 49.4 Å². The number of rotatable bonds is 7. The fraction of sp³-hybridized carbons (Fsp3) is 0.167. The first-order valence-electron chi connectivity index (χ1n) is 7.91. The van der Waals surface area contributed by atoms with Crippen LogP contribution >= 0.6 is 0 Å². The monoisotopic (exact) mass is 357 g/mol. The van der Waals surface area contributed by atoms with Crippen LogP contribution in [0, 0.1) is 0 Å². The summed E-state index contributed by atoms with van der Waals surface area (Å²) in [6.07, 6.45) is 1.80. The second-order valence-electron chi connectivity index (χ2n) is 5.32. The van der Waals surface area contributed by atoms with Crippen LogP contribution in [0.3, 0.4) is 0 Å². The Hall–Kier alpha value is -2.64. The van der Waals surface area contributed by atoms with Gasteiger partial charge >= 0.3 is 0 Å². The summed E-state index contributed by atoms with van der Waals surface area (Å²) in [7, 11) is -3.60. The molecule has 0 aliphatic rings. The van der Waals surface area contributed by atoms with Gasteiger partial charge in [0.2, 0.25) is 10.0 Å². The molecule has 1 N–H and O–H groups in total. The van der Waals surface area contributed by atoms with E-state index in [0.717, 1.165) is 5.69 Å². The molecular weight excluding hydrogens is 338 g/mol. The van der Waals surface area contributed by atoms with Gasteiger partial charge in [-0.2, -0.15) is 5.10 Å². The molecule has 0 unspecified atom stereocenters. The van der Waals surface area contributed by atoms with E-state index in [4.69, 9.17) is 4.74 Å².